The molecule has 1 aromatic carbocycles. The second kappa shape index (κ2) is 1.88. The highest BCUT2D eigenvalue weighted by molar-refractivity contribution is 5.81. The maximum absolute atomic E-state index is 9.09. The molecule has 0 fully saturated rings. The highest BCUT2D eigenvalue weighted by Gasteiger charge is 1.99. The molecular weight excluding hydrogens is 142 g/mol. The maximum atomic E-state index is 9.09. The largest absolute Gasteiger partial charge is 0.411 e. The first kappa shape index (κ1) is 6.03. The fourth-order valence-corrected chi connectivity index (χ4v) is 1.02. The molecule has 0 aliphatic heterocycles. The van der Waals surface area contributed by atoms with Crippen molar-refractivity contribution in [3.63, 3.8) is 0 Å². The van der Waals surface area contributed by atoms with E-state index in [0.717, 1.165) is 10.2 Å². The van der Waals surface area contributed by atoms with Crippen molar-refractivity contribution in [2.24, 2.45) is 0 Å². The third-order valence-electron chi connectivity index (χ3n) is 1.58. The molecule has 2 rings (SSSR count). The zero-order valence-electron chi connectivity index (χ0n) is 5.73. The van der Waals surface area contributed by atoms with Gasteiger partial charge >= 0.3 is 0 Å². The number of nitrogen functional groups attached to an aromatic ring is 1. The Hall–Kier alpha value is -1.71. The molecule has 2 aromatic rings. The summed E-state index contributed by atoms with van der Waals surface area (Å²) in [5, 5.41) is 13.6. The van der Waals surface area contributed by atoms with E-state index in [1.807, 2.05) is 6.07 Å². The fraction of sp³-hybridized carbons (Fsp3) is 0. The normalized spacial score (nSPS) is 10.5. The molecule has 3 N–H and O–H groups in total. The van der Waals surface area contributed by atoms with Crippen LogP contribution < -0.4 is 5.73 Å². The average molecular weight is 149 g/mol. The van der Waals surface area contributed by atoms with Crippen molar-refractivity contribution >= 4 is 16.6 Å². The molecule has 0 bridgehead atoms. The summed E-state index contributed by atoms with van der Waals surface area (Å²) in [6.45, 7) is 0. The van der Waals surface area contributed by atoms with Gasteiger partial charge < -0.3 is 10.9 Å². The summed E-state index contributed by atoms with van der Waals surface area (Å²) in [5.74, 6) is 0. The zero-order valence-corrected chi connectivity index (χ0v) is 5.73. The van der Waals surface area contributed by atoms with Crippen LogP contribution in [0.3, 0.4) is 0 Å². The molecule has 4 nitrogen and oxygen atoms in total. The standard InChI is InChI=1S/C7H7N3O/c8-6-2-1-5-4-9-10(11)7(5)3-6/h1-4,11H,8H2. The summed E-state index contributed by atoms with van der Waals surface area (Å²) < 4.78 is 0. The van der Waals surface area contributed by atoms with Crippen molar-refractivity contribution in [1.29, 1.82) is 0 Å². The molecule has 0 saturated carbocycles. The highest BCUT2D eigenvalue weighted by Crippen LogP contribution is 2.15. The van der Waals surface area contributed by atoms with Gasteiger partial charge in [0.25, 0.3) is 0 Å². The molecule has 1 heterocycles. The van der Waals surface area contributed by atoms with Crippen LogP contribution in [0.5, 0.6) is 0 Å². The van der Waals surface area contributed by atoms with E-state index in [1.54, 1.807) is 18.3 Å². The number of benzene rings is 1. The Balaban J connectivity index is 2.87. The third-order valence-corrected chi connectivity index (χ3v) is 1.58. The quantitative estimate of drug-likeness (QED) is 0.431. The van der Waals surface area contributed by atoms with Gasteiger partial charge in [-0.15, -0.1) is 9.94 Å². The van der Waals surface area contributed by atoms with Crippen LogP contribution in [0, 0.1) is 0 Å². The van der Waals surface area contributed by atoms with Gasteiger partial charge in [-0.2, -0.15) is 0 Å². The van der Waals surface area contributed by atoms with Crippen LogP contribution in [0.2, 0.25) is 0 Å². The Labute approximate surface area is 62.8 Å². The SMILES string of the molecule is Nc1ccc2cnn(O)c2c1. The summed E-state index contributed by atoms with van der Waals surface area (Å²) >= 11 is 0. The van der Waals surface area contributed by atoms with Crippen LogP contribution in [0.1, 0.15) is 0 Å². The number of nitrogens with two attached hydrogens (primary N) is 1. The lowest BCUT2D eigenvalue weighted by Crippen LogP contribution is -1.91. The third kappa shape index (κ3) is 0.797. The summed E-state index contributed by atoms with van der Waals surface area (Å²) in [7, 11) is 0. The van der Waals surface area contributed by atoms with Gasteiger partial charge in [-0.1, -0.05) is 0 Å². The summed E-state index contributed by atoms with van der Waals surface area (Å²) in [4.78, 5) is 0.811. The van der Waals surface area contributed by atoms with E-state index < -0.39 is 0 Å². The smallest absolute Gasteiger partial charge is 0.112 e. The van der Waals surface area contributed by atoms with Crippen LogP contribution in [-0.2, 0) is 0 Å². The zero-order chi connectivity index (χ0) is 7.84. The molecule has 0 radical (unpaired) electrons. The van der Waals surface area contributed by atoms with Gasteiger partial charge in [0.05, 0.1) is 6.20 Å². The van der Waals surface area contributed by atoms with Gasteiger partial charge in [0.2, 0.25) is 0 Å². The van der Waals surface area contributed by atoms with E-state index in [1.165, 1.54) is 0 Å². The van der Waals surface area contributed by atoms with E-state index in [0.29, 0.717) is 11.2 Å². The first-order chi connectivity index (χ1) is 5.27. The number of fused-ring (bicyclic) bond motifs is 1. The summed E-state index contributed by atoms with van der Waals surface area (Å²) in [6.07, 6.45) is 1.58. The summed E-state index contributed by atoms with van der Waals surface area (Å²) in [5.41, 5.74) is 6.75. The molecule has 1 aromatic heterocycles. The van der Waals surface area contributed by atoms with Gasteiger partial charge in [0, 0.05) is 11.1 Å². The average Bonchev–Trinajstić information content (AvgIpc) is 2.33. The van der Waals surface area contributed by atoms with Gasteiger partial charge in [0.15, 0.2) is 0 Å². The minimum absolute atomic E-state index is 0.619. The van der Waals surface area contributed by atoms with Crippen molar-refractivity contribution < 1.29 is 5.21 Å². The van der Waals surface area contributed by atoms with Gasteiger partial charge in [0.1, 0.15) is 5.52 Å². The van der Waals surface area contributed by atoms with Crippen LogP contribution in [-0.4, -0.2) is 15.2 Å². The minimum atomic E-state index is 0.619. The fourth-order valence-electron chi connectivity index (χ4n) is 1.02. The van der Waals surface area contributed by atoms with Crippen LogP contribution >= 0.6 is 0 Å². The lowest BCUT2D eigenvalue weighted by Gasteiger charge is -1.93. The Morgan fingerprint density at radius 1 is 1.45 bits per heavy atom. The molecule has 0 spiro atoms. The molecule has 11 heavy (non-hydrogen) atoms. The van der Waals surface area contributed by atoms with Gasteiger partial charge in [-0.3, -0.25) is 0 Å². The number of rotatable bonds is 0. The predicted octanol–water partition coefficient (Wildman–Crippen LogP) is 0.856. The second-order valence-corrected chi connectivity index (χ2v) is 2.35. The van der Waals surface area contributed by atoms with Crippen LogP contribution in [0.15, 0.2) is 24.4 Å². The minimum Gasteiger partial charge on any atom is -0.411 e. The maximum Gasteiger partial charge on any atom is 0.112 e. The second-order valence-electron chi connectivity index (χ2n) is 2.35. The Morgan fingerprint density at radius 2 is 2.27 bits per heavy atom. The van der Waals surface area contributed by atoms with Crippen LogP contribution in [0.25, 0.3) is 10.9 Å². The van der Waals surface area contributed by atoms with E-state index in [4.69, 9.17) is 10.9 Å². The Kier molecular flexibility index (Phi) is 1.03. The van der Waals surface area contributed by atoms with Crippen molar-refractivity contribution in [3.8, 4) is 0 Å². The molecule has 0 aliphatic rings. The molecule has 0 unspecified atom stereocenters. The van der Waals surface area contributed by atoms with E-state index in [2.05, 4.69) is 5.10 Å². The lowest BCUT2D eigenvalue weighted by molar-refractivity contribution is 0.161. The van der Waals surface area contributed by atoms with E-state index in [9.17, 15) is 0 Å². The molecule has 0 amide bonds. The van der Waals surface area contributed by atoms with Crippen molar-refractivity contribution in [1.82, 2.24) is 9.94 Å². The number of hydrogen-bond acceptors (Lipinski definition) is 3. The molecule has 0 saturated heterocycles. The number of anilines is 1. The number of aromatic nitrogens is 2. The highest BCUT2D eigenvalue weighted by atomic mass is 16.5. The predicted molar refractivity (Wildman–Crippen MR) is 41.3 cm³/mol. The summed E-state index contributed by atoms with van der Waals surface area (Å²) in [6, 6.07) is 5.25. The molecular formula is C7H7N3O. The van der Waals surface area contributed by atoms with Gasteiger partial charge in [-0.25, -0.2) is 0 Å². The lowest BCUT2D eigenvalue weighted by atomic mass is 10.2. The molecule has 0 atom stereocenters. The molecule has 56 valence electrons. The Morgan fingerprint density at radius 3 is 3.09 bits per heavy atom. The molecule has 4 heteroatoms. The Bertz CT molecular complexity index is 393. The van der Waals surface area contributed by atoms with Crippen molar-refractivity contribution in [2.75, 3.05) is 5.73 Å². The van der Waals surface area contributed by atoms with Crippen molar-refractivity contribution in [2.45, 2.75) is 0 Å². The monoisotopic (exact) mass is 149 g/mol. The topological polar surface area (TPSA) is 64.1 Å². The van der Waals surface area contributed by atoms with Gasteiger partial charge in [-0.05, 0) is 18.2 Å². The number of hydrogen-bond donors (Lipinski definition) is 2. The number of nitrogens with zero attached hydrogens (tertiary/aromatic N) is 2. The first-order valence-electron chi connectivity index (χ1n) is 3.20. The molecule has 0 aliphatic carbocycles. The van der Waals surface area contributed by atoms with E-state index >= 15 is 0 Å². The van der Waals surface area contributed by atoms with Crippen LogP contribution in [0.4, 0.5) is 5.69 Å². The first-order valence-corrected chi connectivity index (χ1v) is 3.20. The van der Waals surface area contributed by atoms with E-state index in [-0.39, 0.29) is 0 Å². The van der Waals surface area contributed by atoms with Crippen molar-refractivity contribution in [3.05, 3.63) is 24.4 Å².